The molecule has 0 unspecified atom stereocenters. The fraction of sp³-hybridized carbons (Fsp3) is 0.200. The van der Waals surface area contributed by atoms with Gasteiger partial charge in [0.2, 0.25) is 0 Å². The van der Waals surface area contributed by atoms with Gasteiger partial charge in [-0.1, -0.05) is 16.6 Å². The predicted molar refractivity (Wildman–Crippen MR) is 65.5 cm³/mol. The molecule has 0 spiro atoms. The lowest BCUT2D eigenvalue weighted by molar-refractivity contribution is 0.598. The Bertz CT molecular complexity index is 610. The van der Waals surface area contributed by atoms with E-state index in [0.717, 1.165) is 21.0 Å². The van der Waals surface area contributed by atoms with Gasteiger partial charge in [0.15, 0.2) is 0 Å². The van der Waals surface area contributed by atoms with Crippen LogP contribution in [0.4, 0.5) is 0 Å². The van der Waals surface area contributed by atoms with E-state index in [1.807, 2.05) is 18.3 Å². The second-order valence-corrected chi connectivity index (χ2v) is 4.48. The highest BCUT2D eigenvalue weighted by Crippen LogP contribution is 2.26. The highest BCUT2D eigenvalue weighted by atomic mass is 32.1. The largest absolute Gasteiger partial charge is 0.329 e. The summed E-state index contributed by atoms with van der Waals surface area (Å²) in [5, 5.41) is 8.90. The van der Waals surface area contributed by atoms with Crippen molar-refractivity contribution in [3.05, 3.63) is 24.5 Å². The lowest BCUT2D eigenvalue weighted by Gasteiger charge is -1.92. The van der Waals surface area contributed by atoms with Crippen LogP contribution in [0, 0.1) is 0 Å². The lowest BCUT2D eigenvalue weighted by Crippen LogP contribution is -2.10. The van der Waals surface area contributed by atoms with Crippen LogP contribution < -0.4 is 5.73 Å². The summed E-state index contributed by atoms with van der Waals surface area (Å²) in [6, 6.07) is 3.81. The summed E-state index contributed by atoms with van der Waals surface area (Å²) in [5.41, 5.74) is 7.11. The van der Waals surface area contributed by atoms with E-state index in [9.17, 15) is 0 Å². The third-order valence-corrected chi connectivity index (χ3v) is 3.28. The number of thiazole rings is 1. The number of aromatic nitrogens is 5. The third-order valence-electron chi connectivity index (χ3n) is 2.28. The van der Waals surface area contributed by atoms with Crippen LogP contribution in [0.2, 0.25) is 0 Å². The molecule has 0 fully saturated rings. The molecule has 2 N–H and O–H groups in total. The normalized spacial score (nSPS) is 11.1. The van der Waals surface area contributed by atoms with Gasteiger partial charge in [0, 0.05) is 12.7 Å². The van der Waals surface area contributed by atoms with Gasteiger partial charge in [0.05, 0.1) is 12.7 Å². The van der Waals surface area contributed by atoms with E-state index in [-0.39, 0.29) is 0 Å². The Kier molecular flexibility index (Phi) is 2.54. The Morgan fingerprint density at radius 3 is 3.18 bits per heavy atom. The maximum atomic E-state index is 5.46. The van der Waals surface area contributed by atoms with E-state index in [0.29, 0.717) is 13.1 Å². The molecule has 0 aliphatic heterocycles. The van der Waals surface area contributed by atoms with Crippen molar-refractivity contribution in [3.63, 3.8) is 0 Å². The summed E-state index contributed by atoms with van der Waals surface area (Å²) in [6.45, 7) is 1.21. The van der Waals surface area contributed by atoms with Crippen LogP contribution in [-0.2, 0) is 6.54 Å². The Labute approximate surface area is 101 Å². The van der Waals surface area contributed by atoms with Crippen molar-refractivity contribution < 1.29 is 0 Å². The van der Waals surface area contributed by atoms with Crippen LogP contribution in [0.5, 0.6) is 0 Å². The van der Waals surface area contributed by atoms with Gasteiger partial charge in [-0.3, -0.25) is 4.68 Å². The van der Waals surface area contributed by atoms with Crippen LogP contribution in [0.25, 0.3) is 21.0 Å². The summed E-state index contributed by atoms with van der Waals surface area (Å²) in [6.07, 6.45) is 3.61. The van der Waals surface area contributed by atoms with Crippen molar-refractivity contribution in [2.75, 3.05) is 6.54 Å². The molecule has 3 rings (SSSR count). The SMILES string of the molecule is NCCn1cc(-c2nc3cccnc3s2)nn1. The van der Waals surface area contributed by atoms with Crippen molar-refractivity contribution >= 4 is 21.7 Å². The number of fused-ring (bicyclic) bond motifs is 1. The zero-order valence-electron chi connectivity index (χ0n) is 8.95. The molecule has 0 aliphatic rings. The van der Waals surface area contributed by atoms with Gasteiger partial charge in [-0.15, -0.1) is 5.10 Å². The predicted octanol–water partition coefficient (Wildman–Crippen LogP) is 0.908. The second kappa shape index (κ2) is 4.19. The Morgan fingerprint density at radius 2 is 2.35 bits per heavy atom. The fourth-order valence-electron chi connectivity index (χ4n) is 1.52. The molecule has 86 valence electrons. The maximum Gasteiger partial charge on any atom is 0.148 e. The fourth-order valence-corrected chi connectivity index (χ4v) is 2.37. The smallest absolute Gasteiger partial charge is 0.148 e. The van der Waals surface area contributed by atoms with E-state index in [2.05, 4.69) is 20.3 Å². The minimum absolute atomic E-state index is 0.546. The van der Waals surface area contributed by atoms with Crippen LogP contribution in [0.3, 0.4) is 0 Å². The molecule has 0 bridgehead atoms. The molecular weight excluding hydrogens is 236 g/mol. The van der Waals surface area contributed by atoms with Gasteiger partial charge in [-0.2, -0.15) is 0 Å². The number of hydrogen-bond donors (Lipinski definition) is 1. The number of hydrogen-bond acceptors (Lipinski definition) is 6. The first-order valence-corrected chi connectivity index (χ1v) is 6.00. The standard InChI is InChI=1S/C10H10N6S/c11-3-5-16-6-8(14-15-16)10-13-7-2-1-4-12-9(7)17-10/h1-2,4,6H,3,5,11H2. The van der Waals surface area contributed by atoms with Gasteiger partial charge < -0.3 is 5.73 Å². The Balaban J connectivity index is 2.01. The van der Waals surface area contributed by atoms with Crippen molar-refractivity contribution in [1.29, 1.82) is 0 Å². The van der Waals surface area contributed by atoms with Gasteiger partial charge in [0.25, 0.3) is 0 Å². The van der Waals surface area contributed by atoms with Gasteiger partial charge in [-0.25, -0.2) is 9.97 Å². The van der Waals surface area contributed by atoms with Crippen LogP contribution in [0.1, 0.15) is 0 Å². The lowest BCUT2D eigenvalue weighted by atomic mass is 10.4. The van der Waals surface area contributed by atoms with E-state index < -0.39 is 0 Å². The first kappa shape index (κ1) is 10.3. The summed E-state index contributed by atoms with van der Waals surface area (Å²) in [4.78, 5) is 9.63. The molecular formula is C10H10N6S. The van der Waals surface area contributed by atoms with Crippen LogP contribution in [-0.4, -0.2) is 31.5 Å². The van der Waals surface area contributed by atoms with Gasteiger partial charge in [0.1, 0.15) is 21.0 Å². The monoisotopic (exact) mass is 246 g/mol. The number of pyridine rings is 1. The van der Waals surface area contributed by atoms with E-state index >= 15 is 0 Å². The molecule has 0 saturated heterocycles. The number of nitrogens with two attached hydrogens (primary N) is 1. The summed E-state index contributed by atoms with van der Waals surface area (Å²) in [7, 11) is 0. The first-order valence-electron chi connectivity index (χ1n) is 5.19. The number of rotatable bonds is 3. The summed E-state index contributed by atoms with van der Waals surface area (Å²) >= 11 is 1.51. The van der Waals surface area contributed by atoms with Crippen molar-refractivity contribution in [1.82, 2.24) is 25.0 Å². The van der Waals surface area contributed by atoms with E-state index in [4.69, 9.17) is 5.73 Å². The van der Waals surface area contributed by atoms with Gasteiger partial charge in [-0.05, 0) is 12.1 Å². The molecule has 3 aromatic heterocycles. The topological polar surface area (TPSA) is 82.5 Å². The summed E-state index contributed by atoms with van der Waals surface area (Å²) < 4.78 is 1.72. The molecule has 0 radical (unpaired) electrons. The zero-order chi connectivity index (χ0) is 11.7. The Hall–Kier alpha value is -1.86. The third kappa shape index (κ3) is 1.90. The molecule has 7 heteroatoms. The molecule has 3 heterocycles. The quantitative estimate of drug-likeness (QED) is 0.742. The molecule has 17 heavy (non-hydrogen) atoms. The van der Waals surface area contributed by atoms with Crippen LogP contribution in [0.15, 0.2) is 24.5 Å². The minimum Gasteiger partial charge on any atom is -0.329 e. The molecule has 0 atom stereocenters. The summed E-state index contributed by atoms with van der Waals surface area (Å²) in [5.74, 6) is 0. The molecule has 6 nitrogen and oxygen atoms in total. The van der Waals surface area contributed by atoms with Crippen molar-refractivity contribution in [2.45, 2.75) is 6.54 Å². The van der Waals surface area contributed by atoms with Gasteiger partial charge >= 0.3 is 0 Å². The van der Waals surface area contributed by atoms with Crippen molar-refractivity contribution in [3.8, 4) is 10.7 Å². The molecule has 0 amide bonds. The highest BCUT2D eigenvalue weighted by molar-refractivity contribution is 7.21. The van der Waals surface area contributed by atoms with E-state index in [1.54, 1.807) is 10.9 Å². The van der Waals surface area contributed by atoms with Crippen LogP contribution >= 0.6 is 11.3 Å². The minimum atomic E-state index is 0.546. The van der Waals surface area contributed by atoms with Crippen molar-refractivity contribution in [2.24, 2.45) is 5.73 Å². The zero-order valence-corrected chi connectivity index (χ0v) is 9.76. The first-order chi connectivity index (χ1) is 8.36. The number of nitrogens with zero attached hydrogens (tertiary/aromatic N) is 5. The average molecular weight is 246 g/mol. The molecule has 0 aliphatic carbocycles. The maximum absolute atomic E-state index is 5.46. The highest BCUT2D eigenvalue weighted by Gasteiger charge is 2.10. The molecule has 0 aromatic carbocycles. The molecule has 3 aromatic rings. The van der Waals surface area contributed by atoms with E-state index in [1.165, 1.54) is 11.3 Å². The average Bonchev–Trinajstić information content (AvgIpc) is 2.94. The Morgan fingerprint density at radius 1 is 1.41 bits per heavy atom. The second-order valence-electron chi connectivity index (χ2n) is 3.50. The molecule has 0 saturated carbocycles.